The van der Waals surface area contributed by atoms with Crippen molar-refractivity contribution in [2.45, 2.75) is 51.5 Å². The first-order valence-corrected chi connectivity index (χ1v) is 7.13. The summed E-state index contributed by atoms with van der Waals surface area (Å²) in [6.07, 6.45) is 13.7. The van der Waals surface area contributed by atoms with Crippen LogP contribution in [0.3, 0.4) is 0 Å². The minimum Gasteiger partial charge on any atom is -0.316 e. The quantitative estimate of drug-likeness (QED) is 0.607. The second-order valence-corrected chi connectivity index (χ2v) is 5.18. The molecule has 0 bridgehead atoms. The van der Waals surface area contributed by atoms with Crippen molar-refractivity contribution in [3.63, 3.8) is 0 Å². The Bertz CT molecular complexity index is 274. The lowest BCUT2D eigenvalue weighted by molar-refractivity contribution is 0.418. The summed E-state index contributed by atoms with van der Waals surface area (Å²) in [6.45, 7) is 3.38. The number of nitrogens with zero attached hydrogens (tertiary/aromatic N) is 2. The van der Waals surface area contributed by atoms with Gasteiger partial charge in [0.05, 0.1) is 0 Å². The predicted octanol–water partition coefficient (Wildman–Crippen LogP) is 2.83. The van der Waals surface area contributed by atoms with Crippen molar-refractivity contribution in [1.82, 2.24) is 15.1 Å². The van der Waals surface area contributed by atoms with Gasteiger partial charge in [-0.1, -0.05) is 25.7 Å². The van der Waals surface area contributed by atoms with Crippen molar-refractivity contribution in [2.75, 3.05) is 13.1 Å². The molecule has 0 unspecified atom stereocenters. The highest BCUT2D eigenvalue weighted by Gasteiger charge is 2.11. The van der Waals surface area contributed by atoms with Crippen molar-refractivity contribution < 1.29 is 0 Å². The maximum Gasteiger partial charge on any atom is 0.0489 e. The van der Waals surface area contributed by atoms with Gasteiger partial charge in [-0.05, 0) is 44.3 Å². The van der Waals surface area contributed by atoms with Crippen molar-refractivity contribution in [2.24, 2.45) is 5.92 Å². The van der Waals surface area contributed by atoms with Gasteiger partial charge in [-0.2, -0.15) is 5.10 Å². The number of hydrogen-bond acceptors (Lipinski definition) is 2. The molecule has 0 aromatic carbocycles. The molecular weight excluding hydrogens is 210 g/mol. The number of rotatable bonds is 6. The molecule has 1 fully saturated rings. The molecule has 1 aromatic rings. The first-order chi connectivity index (χ1) is 8.45. The first-order valence-electron chi connectivity index (χ1n) is 7.13. The third-order valence-electron chi connectivity index (χ3n) is 3.71. The highest BCUT2D eigenvalue weighted by molar-refractivity contribution is 4.77. The molecule has 17 heavy (non-hydrogen) atoms. The van der Waals surface area contributed by atoms with Crippen LogP contribution >= 0.6 is 0 Å². The second-order valence-electron chi connectivity index (χ2n) is 5.18. The van der Waals surface area contributed by atoms with Gasteiger partial charge >= 0.3 is 0 Å². The molecule has 0 aliphatic heterocycles. The Morgan fingerprint density at radius 2 is 2.00 bits per heavy atom. The van der Waals surface area contributed by atoms with E-state index in [0.717, 1.165) is 19.0 Å². The fourth-order valence-corrected chi connectivity index (χ4v) is 2.67. The summed E-state index contributed by atoms with van der Waals surface area (Å²) in [6, 6.07) is 1.99. The van der Waals surface area contributed by atoms with Gasteiger partial charge in [-0.25, -0.2) is 0 Å². The lowest BCUT2D eigenvalue weighted by atomic mass is 10.0. The Morgan fingerprint density at radius 3 is 2.71 bits per heavy atom. The topological polar surface area (TPSA) is 29.9 Å². The molecule has 0 amide bonds. The number of nitrogens with one attached hydrogen (secondary N) is 1. The van der Waals surface area contributed by atoms with E-state index < -0.39 is 0 Å². The number of aryl methyl sites for hydroxylation is 1. The molecule has 1 aliphatic carbocycles. The molecule has 3 nitrogen and oxygen atoms in total. The summed E-state index contributed by atoms with van der Waals surface area (Å²) in [5, 5.41) is 7.81. The van der Waals surface area contributed by atoms with E-state index in [-0.39, 0.29) is 0 Å². The Labute approximate surface area is 105 Å². The molecule has 2 rings (SSSR count). The largest absolute Gasteiger partial charge is 0.316 e. The van der Waals surface area contributed by atoms with Crippen LogP contribution in [0.15, 0.2) is 18.5 Å². The molecule has 96 valence electrons. The molecule has 0 radical (unpaired) electrons. The maximum absolute atomic E-state index is 4.21. The van der Waals surface area contributed by atoms with E-state index in [4.69, 9.17) is 0 Å². The van der Waals surface area contributed by atoms with Gasteiger partial charge in [0.2, 0.25) is 0 Å². The lowest BCUT2D eigenvalue weighted by Gasteiger charge is -2.14. The number of aromatic nitrogens is 2. The molecule has 0 saturated heterocycles. The molecule has 0 atom stereocenters. The van der Waals surface area contributed by atoms with E-state index in [2.05, 4.69) is 10.4 Å². The normalized spacial score (nSPS) is 18.1. The van der Waals surface area contributed by atoms with Crippen molar-refractivity contribution in [3.8, 4) is 0 Å². The van der Waals surface area contributed by atoms with Gasteiger partial charge in [-0.15, -0.1) is 0 Å². The van der Waals surface area contributed by atoms with E-state index in [9.17, 15) is 0 Å². The zero-order valence-electron chi connectivity index (χ0n) is 10.8. The molecule has 1 saturated carbocycles. The lowest BCUT2D eigenvalue weighted by Crippen LogP contribution is -2.24. The standard InChI is InChI=1S/C14H25N3/c1-2-4-8-14(7-3-1)13-15-9-5-11-17-12-6-10-16-17/h6,10,12,14-15H,1-5,7-9,11,13H2. The van der Waals surface area contributed by atoms with Crippen molar-refractivity contribution in [3.05, 3.63) is 18.5 Å². The highest BCUT2D eigenvalue weighted by Crippen LogP contribution is 2.21. The van der Waals surface area contributed by atoms with E-state index >= 15 is 0 Å². The smallest absolute Gasteiger partial charge is 0.0489 e. The average Bonchev–Trinajstić information content (AvgIpc) is 2.72. The van der Waals surface area contributed by atoms with Gasteiger partial charge in [0, 0.05) is 18.9 Å². The summed E-state index contributed by atoms with van der Waals surface area (Å²) < 4.78 is 2.01. The fraction of sp³-hybridized carbons (Fsp3) is 0.786. The fourth-order valence-electron chi connectivity index (χ4n) is 2.67. The Morgan fingerprint density at radius 1 is 1.18 bits per heavy atom. The van der Waals surface area contributed by atoms with Crippen LogP contribution in [0.5, 0.6) is 0 Å². The first kappa shape index (κ1) is 12.6. The van der Waals surface area contributed by atoms with Crippen LogP contribution in [-0.2, 0) is 6.54 Å². The highest BCUT2D eigenvalue weighted by atomic mass is 15.3. The third kappa shape index (κ3) is 4.90. The zero-order valence-corrected chi connectivity index (χ0v) is 10.8. The predicted molar refractivity (Wildman–Crippen MR) is 70.9 cm³/mol. The van der Waals surface area contributed by atoms with Crippen molar-refractivity contribution in [1.29, 1.82) is 0 Å². The second kappa shape index (κ2) is 7.49. The van der Waals surface area contributed by atoms with E-state index in [0.29, 0.717) is 0 Å². The van der Waals surface area contributed by atoms with Gasteiger partial charge in [0.15, 0.2) is 0 Å². The SMILES string of the molecule is c1cnn(CCCNCC2CCCCCC2)c1. The molecule has 1 aliphatic rings. The van der Waals surface area contributed by atoms with E-state index in [1.807, 2.05) is 23.1 Å². The molecule has 1 heterocycles. The van der Waals surface area contributed by atoms with Crippen LogP contribution in [0.4, 0.5) is 0 Å². The molecular formula is C14H25N3. The monoisotopic (exact) mass is 235 g/mol. The van der Waals surface area contributed by atoms with Gasteiger partial charge in [0.1, 0.15) is 0 Å². The summed E-state index contributed by atoms with van der Waals surface area (Å²) in [4.78, 5) is 0. The minimum atomic E-state index is 0.933. The summed E-state index contributed by atoms with van der Waals surface area (Å²) in [7, 11) is 0. The Balaban J connectivity index is 1.50. The molecule has 1 N–H and O–H groups in total. The van der Waals surface area contributed by atoms with Crippen molar-refractivity contribution >= 4 is 0 Å². The van der Waals surface area contributed by atoms with Crippen LogP contribution in [0.2, 0.25) is 0 Å². The van der Waals surface area contributed by atoms with Crippen LogP contribution in [0.1, 0.15) is 44.9 Å². The molecule has 1 aromatic heterocycles. The Hall–Kier alpha value is -0.830. The summed E-state index contributed by atoms with van der Waals surface area (Å²) in [5.41, 5.74) is 0. The molecule has 0 spiro atoms. The van der Waals surface area contributed by atoms with Crippen LogP contribution in [0, 0.1) is 5.92 Å². The van der Waals surface area contributed by atoms with E-state index in [1.54, 1.807) is 0 Å². The zero-order chi connectivity index (χ0) is 11.8. The average molecular weight is 235 g/mol. The molecule has 3 heteroatoms. The maximum atomic E-state index is 4.21. The summed E-state index contributed by atoms with van der Waals surface area (Å²) >= 11 is 0. The summed E-state index contributed by atoms with van der Waals surface area (Å²) in [5.74, 6) is 0.933. The van der Waals surface area contributed by atoms with Crippen LogP contribution in [0.25, 0.3) is 0 Å². The minimum absolute atomic E-state index is 0.933. The van der Waals surface area contributed by atoms with Gasteiger partial charge < -0.3 is 5.32 Å². The van der Waals surface area contributed by atoms with Gasteiger partial charge in [0.25, 0.3) is 0 Å². The van der Waals surface area contributed by atoms with E-state index in [1.165, 1.54) is 51.5 Å². The van der Waals surface area contributed by atoms with Gasteiger partial charge in [-0.3, -0.25) is 4.68 Å². The van der Waals surface area contributed by atoms with Crippen LogP contribution in [-0.4, -0.2) is 22.9 Å². The Kier molecular flexibility index (Phi) is 5.56. The third-order valence-corrected chi connectivity index (χ3v) is 3.71. The van der Waals surface area contributed by atoms with Crippen LogP contribution < -0.4 is 5.32 Å². The number of hydrogen-bond donors (Lipinski definition) is 1.